The molecule has 0 bridgehead atoms. The summed E-state index contributed by atoms with van der Waals surface area (Å²) in [5.74, 6) is -0.617. The molecule has 2 saturated heterocycles. The number of rotatable bonds is 6. The third-order valence-corrected chi connectivity index (χ3v) is 7.59. The van der Waals surface area contributed by atoms with Crippen molar-refractivity contribution in [2.45, 2.75) is 50.6 Å². The van der Waals surface area contributed by atoms with Crippen molar-refractivity contribution in [2.24, 2.45) is 11.8 Å². The average Bonchev–Trinajstić information content (AvgIpc) is 3.43. The van der Waals surface area contributed by atoms with Crippen LogP contribution in [0.15, 0.2) is 78.9 Å². The minimum Gasteiger partial charge on any atom is -0.465 e. The lowest BCUT2D eigenvalue weighted by atomic mass is 9.66. The number of hydrogen-bond acceptors (Lipinski definition) is 6. The number of ether oxygens (including phenoxy) is 4. The van der Waals surface area contributed by atoms with E-state index in [2.05, 4.69) is 13.0 Å². The van der Waals surface area contributed by atoms with E-state index in [0.29, 0.717) is 18.6 Å². The highest BCUT2D eigenvalue weighted by atomic mass is 16.8. The summed E-state index contributed by atoms with van der Waals surface area (Å²) >= 11 is 0. The van der Waals surface area contributed by atoms with Gasteiger partial charge in [0, 0.05) is 12.3 Å². The Labute approximate surface area is 210 Å². The molecule has 184 valence electrons. The number of benzene rings is 3. The standard InChI is InChI=1S/C30H28O6/c1-2-18-13-14-21-22(15-18)23(16-25-27(21)29(32)36-28(25)31)24-17-26(33-19-9-5-3-6-10-19)35-30(24)34-20-11-7-4-8-12-20/h3-15,23-27,30H,2,16-17H2,1H3. The molecule has 6 atom stereocenters. The Balaban J connectivity index is 1.37. The molecule has 0 spiro atoms. The Kier molecular flexibility index (Phi) is 5.97. The summed E-state index contributed by atoms with van der Waals surface area (Å²) in [6, 6.07) is 25.4. The number of esters is 2. The maximum Gasteiger partial charge on any atom is 0.321 e. The van der Waals surface area contributed by atoms with Crippen LogP contribution in [-0.2, 0) is 25.5 Å². The maximum atomic E-state index is 12.7. The van der Waals surface area contributed by atoms with Gasteiger partial charge in [0.2, 0.25) is 12.6 Å². The summed E-state index contributed by atoms with van der Waals surface area (Å²) in [4.78, 5) is 25.3. The molecule has 3 aromatic rings. The third kappa shape index (κ3) is 4.16. The summed E-state index contributed by atoms with van der Waals surface area (Å²) in [6.07, 6.45) is 0.902. The zero-order chi connectivity index (χ0) is 24.6. The number of aryl methyl sites for hydroxylation is 1. The first-order valence-corrected chi connectivity index (χ1v) is 12.6. The van der Waals surface area contributed by atoms with Crippen LogP contribution in [0.5, 0.6) is 11.5 Å². The van der Waals surface area contributed by atoms with E-state index in [1.807, 2.05) is 72.8 Å². The summed E-state index contributed by atoms with van der Waals surface area (Å²) < 4.78 is 24.0. The van der Waals surface area contributed by atoms with Crippen LogP contribution in [0.2, 0.25) is 0 Å². The van der Waals surface area contributed by atoms with E-state index < -0.39 is 36.4 Å². The van der Waals surface area contributed by atoms with Gasteiger partial charge in [0.15, 0.2) is 0 Å². The van der Waals surface area contributed by atoms with Gasteiger partial charge in [-0.1, -0.05) is 61.5 Å². The predicted molar refractivity (Wildman–Crippen MR) is 131 cm³/mol. The van der Waals surface area contributed by atoms with Gasteiger partial charge in [-0.3, -0.25) is 9.59 Å². The lowest BCUT2D eigenvalue weighted by molar-refractivity contribution is -0.154. The van der Waals surface area contributed by atoms with Gasteiger partial charge in [0.1, 0.15) is 11.5 Å². The molecular weight excluding hydrogens is 456 g/mol. The van der Waals surface area contributed by atoms with Crippen molar-refractivity contribution in [3.8, 4) is 11.5 Å². The molecule has 0 amide bonds. The van der Waals surface area contributed by atoms with Crippen LogP contribution in [0.1, 0.15) is 48.3 Å². The highest BCUT2D eigenvalue weighted by Gasteiger charge is 2.54. The fraction of sp³-hybridized carbons (Fsp3) is 0.333. The molecule has 1 aliphatic carbocycles. The second kappa shape index (κ2) is 9.43. The van der Waals surface area contributed by atoms with E-state index >= 15 is 0 Å². The zero-order valence-electron chi connectivity index (χ0n) is 20.0. The molecule has 6 nitrogen and oxygen atoms in total. The highest BCUT2D eigenvalue weighted by molar-refractivity contribution is 6.00. The van der Waals surface area contributed by atoms with Crippen molar-refractivity contribution in [3.05, 3.63) is 95.6 Å². The Morgan fingerprint density at radius 3 is 2.17 bits per heavy atom. The molecule has 0 saturated carbocycles. The normalized spacial score (nSPS) is 28.8. The lowest BCUT2D eigenvalue weighted by Crippen LogP contribution is -2.34. The topological polar surface area (TPSA) is 71.1 Å². The molecule has 3 aliphatic rings. The van der Waals surface area contributed by atoms with E-state index in [1.165, 1.54) is 5.56 Å². The molecule has 0 aromatic heterocycles. The minimum absolute atomic E-state index is 0.0516. The van der Waals surface area contributed by atoms with Crippen LogP contribution in [0, 0.1) is 11.8 Å². The molecule has 2 fully saturated rings. The molecule has 6 rings (SSSR count). The van der Waals surface area contributed by atoms with Gasteiger partial charge in [-0.05, 0) is 59.7 Å². The van der Waals surface area contributed by atoms with Gasteiger partial charge in [0.05, 0.1) is 11.8 Å². The molecule has 6 unspecified atom stereocenters. The fourth-order valence-corrected chi connectivity index (χ4v) is 5.84. The Morgan fingerprint density at radius 1 is 0.778 bits per heavy atom. The third-order valence-electron chi connectivity index (χ3n) is 7.59. The summed E-state index contributed by atoms with van der Waals surface area (Å²) in [5, 5.41) is 0. The predicted octanol–water partition coefficient (Wildman–Crippen LogP) is 5.37. The van der Waals surface area contributed by atoms with Crippen molar-refractivity contribution in [2.75, 3.05) is 0 Å². The van der Waals surface area contributed by atoms with Gasteiger partial charge < -0.3 is 18.9 Å². The Hall–Kier alpha value is -3.64. The van der Waals surface area contributed by atoms with Crippen LogP contribution < -0.4 is 9.47 Å². The quantitative estimate of drug-likeness (QED) is 0.346. The van der Waals surface area contributed by atoms with Crippen LogP contribution in [0.25, 0.3) is 0 Å². The van der Waals surface area contributed by atoms with Gasteiger partial charge in [-0.15, -0.1) is 0 Å². The molecule has 0 radical (unpaired) electrons. The molecule has 3 aromatic carbocycles. The largest absolute Gasteiger partial charge is 0.465 e. The van der Waals surface area contributed by atoms with Crippen LogP contribution in [0.4, 0.5) is 0 Å². The SMILES string of the molecule is CCc1ccc2c(c1)C(C1CC(Oc3ccccc3)OC1Oc1ccccc1)CC1C(=O)OC(=O)C21. The molecular formula is C30H28O6. The number of carbonyl (C=O) groups is 2. The summed E-state index contributed by atoms with van der Waals surface area (Å²) in [6.45, 7) is 2.11. The molecule has 0 N–H and O–H groups in total. The molecule has 36 heavy (non-hydrogen) atoms. The summed E-state index contributed by atoms with van der Waals surface area (Å²) in [7, 11) is 0. The number of para-hydroxylation sites is 2. The first kappa shape index (κ1) is 22.8. The monoisotopic (exact) mass is 484 g/mol. The first-order chi connectivity index (χ1) is 17.6. The number of carbonyl (C=O) groups excluding carboxylic acids is 2. The maximum absolute atomic E-state index is 12.7. The Morgan fingerprint density at radius 2 is 1.47 bits per heavy atom. The van der Waals surface area contributed by atoms with E-state index in [1.54, 1.807) is 0 Å². The van der Waals surface area contributed by atoms with Crippen LogP contribution in [0.3, 0.4) is 0 Å². The lowest BCUT2D eigenvalue weighted by Gasteiger charge is -2.36. The fourth-order valence-electron chi connectivity index (χ4n) is 5.84. The van der Waals surface area contributed by atoms with Gasteiger partial charge >= 0.3 is 11.9 Å². The van der Waals surface area contributed by atoms with Crippen LogP contribution in [-0.4, -0.2) is 24.5 Å². The van der Waals surface area contributed by atoms with Crippen molar-refractivity contribution in [1.82, 2.24) is 0 Å². The van der Waals surface area contributed by atoms with Crippen LogP contribution >= 0.6 is 0 Å². The van der Waals surface area contributed by atoms with E-state index in [9.17, 15) is 9.59 Å². The van der Waals surface area contributed by atoms with Crippen molar-refractivity contribution < 1.29 is 28.5 Å². The highest BCUT2D eigenvalue weighted by Crippen LogP contribution is 2.52. The number of hydrogen-bond donors (Lipinski definition) is 0. The Bertz CT molecular complexity index is 1260. The summed E-state index contributed by atoms with van der Waals surface area (Å²) in [5.41, 5.74) is 3.15. The van der Waals surface area contributed by atoms with Crippen molar-refractivity contribution in [1.29, 1.82) is 0 Å². The van der Waals surface area contributed by atoms with Gasteiger partial charge in [-0.25, -0.2) is 0 Å². The number of cyclic esters (lactones) is 2. The van der Waals surface area contributed by atoms with E-state index in [0.717, 1.165) is 23.3 Å². The van der Waals surface area contributed by atoms with Crippen molar-refractivity contribution in [3.63, 3.8) is 0 Å². The van der Waals surface area contributed by atoms with Gasteiger partial charge in [-0.2, -0.15) is 0 Å². The van der Waals surface area contributed by atoms with E-state index in [-0.39, 0.29) is 11.8 Å². The second-order valence-electron chi connectivity index (χ2n) is 9.68. The average molecular weight is 485 g/mol. The molecule has 2 heterocycles. The van der Waals surface area contributed by atoms with Gasteiger partial charge in [0.25, 0.3) is 0 Å². The molecule has 6 heteroatoms. The minimum atomic E-state index is -0.575. The first-order valence-electron chi connectivity index (χ1n) is 12.6. The number of fused-ring (bicyclic) bond motifs is 3. The van der Waals surface area contributed by atoms with Crippen molar-refractivity contribution >= 4 is 11.9 Å². The zero-order valence-corrected chi connectivity index (χ0v) is 20.0. The van der Waals surface area contributed by atoms with E-state index in [4.69, 9.17) is 18.9 Å². The smallest absolute Gasteiger partial charge is 0.321 e. The molecule has 2 aliphatic heterocycles. The second-order valence-corrected chi connectivity index (χ2v) is 9.68.